The van der Waals surface area contributed by atoms with Gasteiger partial charge in [0.15, 0.2) is 0 Å². The van der Waals surface area contributed by atoms with Crippen LogP contribution in [0.1, 0.15) is 40.5 Å². The van der Waals surface area contributed by atoms with Crippen LogP contribution in [0.4, 0.5) is 0 Å². The van der Waals surface area contributed by atoms with Crippen LogP contribution in [0, 0.1) is 5.92 Å². The van der Waals surface area contributed by atoms with Crippen molar-refractivity contribution in [2.24, 2.45) is 5.92 Å². The van der Waals surface area contributed by atoms with Gasteiger partial charge in [0.2, 0.25) is 0 Å². The maximum absolute atomic E-state index is 2.37. The van der Waals surface area contributed by atoms with Crippen LogP contribution in [-0.4, -0.2) is 27.9 Å². The molecule has 9 heavy (non-hydrogen) atoms. The molecule has 0 bridgehead atoms. The molecule has 0 aliphatic heterocycles. The van der Waals surface area contributed by atoms with E-state index in [4.69, 9.17) is 0 Å². The summed E-state index contributed by atoms with van der Waals surface area (Å²) < 4.78 is 0.649. The summed E-state index contributed by atoms with van der Waals surface area (Å²) in [5.41, 5.74) is 0. The van der Waals surface area contributed by atoms with Gasteiger partial charge in [-0.2, -0.15) is 0 Å². The third kappa shape index (κ3) is 4.41. The molecule has 0 aromatic rings. The Labute approximate surface area is 76.8 Å². The SMILES string of the molecule is CCCC(C)[C](C)(C)[Na]. The summed E-state index contributed by atoms with van der Waals surface area (Å²) in [6.45, 7) is 9.39. The van der Waals surface area contributed by atoms with Gasteiger partial charge in [0.05, 0.1) is 0 Å². The summed E-state index contributed by atoms with van der Waals surface area (Å²) in [5.74, 6) is 0.925. The first kappa shape index (κ1) is 10.0. The average Bonchev–Trinajstić information content (AvgIpc) is 1.64. The summed E-state index contributed by atoms with van der Waals surface area (Å²) in [7, 11) is 0. The Morgan fingerprint density at radius 2 is 1.89 bits per heavy atom. The molecule has 50 valence electrons. The van der Waals surface area contributed by atoms with Crippen molar-refractivity contribution in [2.45, 2.75) is 43.2 Å². The van der Waals surface area contributed by atoms with Crippen LogP contribution < -0.4 is 0 Å². The Bertz CT molecular complexity index is 71.1. The zero-order chi connectivity index (χ0) is 7.49. The molecule has 0 fully saturated rings. The van der Waals surface area contributed by atoms with E-state index < -0.39 is 0 Å². The van der Waals surface area contributed by atoms with Crippen LogP contribution in [0.25, 0.3) is 0 Å². The van der Waals surface area contributed by atoms with Crippen LogP contribution >= 0.6 is 0 Å². The first-order chi connectivity index (χ1) is 3.98. The Morgan fingerprint density at radius 1 is 1.44 bits per heavy atom. The predicted octanol–water partition coefficient (Wildman–Crippen LogP) is 2.79. The molecular formula is C8H17Na. The molecule has 1 heteroatoms. The molecular weight excluding hydrogens is 119 g/mol. The van der Waals surface area contributed by atoms with E-state index in [2.05, 4.69) is 27.7 Å². The zero-order valence-corrected chi connectivity index (χ0v) is 9.49. The van der Waals surface area contributed by atoms with Crippen LogP contribution in [0.5, 0.6) is 0 Å². The molecule has 0 aliphatic carbocycles. The van der Waals surface area contributed by atoms with Gasteiger partial charge in [-0.05, 0) is 0 Å². The van der Waals surface area contributed by atoms with Crippen molar-refractivity contribution in [3.63, 3.8) is 0 Å². The van der Waals surface area contributed by atoms with Gasteiger partial charge in [-0.15, -0.1) is 0 Å². The fourth-order valence-electron chi connectivity index (χ4n) is 0.866. The van der Waals surface area contributed by atoms with Gasteiger partial charge in [-0.1, -0.05) is 0 Å². The molecule has 0 nitrogen and oxygen atoms in total. The first-order valence-corrected chi connectivity index (χ1v) is 4.98. The van der Waals surface area contributed by atoms with E-state index in [9.17, 15) is 0 Å². The van der Waals surface area contributed by atoms with Gasteiger partial charge in [0.25, 0.3) is 0 Å². The van der Waals surface area contributed by atoms with E-state index in [-0.39, 0.29) is 0 Å². The molecule has 0 aromatic heterocycles. The normalized spacial score (nSPS) is 15.8. The van der Waals surface area contributed by atoms with E-state index in [1.807, 2.05) is 0 Å². The van der Waals surface area contributed by atoms with Crippen LogP contribution in [0.2, 0.25) is 2.66 Å². The fourth-order valence-corrected chi connectivity index (χ4v) is 1.15. The quantitative estimate of drug-likeness (QED) is 0.523. The van der Waals surface area contributed by atoms with Crippen molar-refractivity contribution in [2.75, 3.05) is 0 Å². The third-order valence-corrected chi connectivity index (χ3v) is 3.19. The summed E-state index contributed by atoms with van der Waals surface area (Å²) in [5, 5.41) is 0. The second kappa shape index (κ2) is 4.00. The van der Waals surface area contributed by atoms with Crippen molar-refractivity contribution in [3.8, 4) is 0 Å². The molecule has 0 spiro atoms. The average molecular weight is 136 g/mol. The number of hydrogen-bond acceptors (Lipinski definition) is 0. The van der Waals surface area contributed by atoms with Crippen molar-refractivity contribution in [1.82, 2.24) is 0 Å². The third-order valence-electron chi connectivity index (χ3n) is 2.20. The first-order valence-electron chi connectivity index (χ1n) is 3.98. The summed E-state index contributed by atoms with van der Waals surface area (Å²) >= 11 is 1.33. The molecule has 0 aromatic carbocycles. The minimum absolute atomic E-state index is 0.649. The van der Waals surface area contributed by atoms with Gasteiger partial charge in [0.1, 0.15) is 0 Å². The summed E-state index contributed by atoms with van der Waals surface area (Å²) in [6, 6.07) is 0. The second-order valence-electron chi connectivity index (χ2n) is 4.06. The van der Waals surface area contributed by atoms with Gasteiger partial charge in [0, 0.05) is 0 Å². The molecule has 0 amide bonds. The molecule has 0 N–H and O–H groups in total. The topological polar surface area (TPSA) is 0 Å². The molecule has 1 atom stereocenters. The van der Waals surface area contributed by atoms with E-state index in [0.29, 0.717) is 2.66 Å². The maximum atomic E-state index is 2.37. The monoisotopic (exact) mass is 136 g/mol. The summed E-state index contributed by atoms with van der Waals surface area (Å²) in [4.78, 5) is 0. The molecule has 0 heterocycles. The Hall–Kier alpha value is 1.00. The number of hydrogen-bond donors (Lipinski definition) is 0. The molecule has 0 aliphatic rings. The van der Waals surface area contributed by atoms with E-state index >= 15 is 0 Å². The Balaban J connectivity index is 3.59. The predicted molar refractivity (Wildman–Crippen MR) is 43.9 cm³/mol. The van der Waals surface area contributed by atoms with E-state index in [0.717, 1.165) is 5.92 Å². The molecule has 0 saturated heterocycles. The van der Waals surface area contributed by atoms with Gasteiger partial charge in [-0.25, -0.2) is 0 Å². The van der Waals surface area contributed by atoms with Crippen molar-refractivity contribution < 1.29 is 0 Å². The zero-order valence-electron chi connectivity index (χ0n) is 7.49. The van der Waals surface area contributed by atoms with Crippen LogP contribution in [-0.2, 0) is 0 Å². The minimum atomic E-state index is 0.649. The van der Waals surface area contributed by atoms with Crippen LogP contribution in [0.3, 0.4) is 0 Å². The molecule has 1 unspecified atom stereocenters. The van der Waals surface area contributed by atoms with Crippen molar-refractivity contribution in [1.29, 1.82) is 0 Å². The van der Waals surface area contributed by atoms with Crippen molar-refractivity contribution >= 4 is 27.9 Å². The van der Waals surface area contributed by atoms with E-state index in [1.165, 1.54) is 40.8 Å². The Kier molecular flexibility index (Phi) is 4.44. The summed E-state index contributed by atoms with van der Waals surface area (Å²) in [6.07, 6.45) is 2.74. The second-order valence-corrected chi connectivity index (χ2v) is 6.63. The number of rotatable bonds is 3. The standard InChI is InChI=1S/C8H17.Na/c1-5-6-8(4)7(2)3;/h8H,5-6H2,1-4H3;. The van der Waals surface area contributed by atoms with Crippen molar-refractivity contribution in [3.05, 3.63) is 0 Å². The van der Waals surface area contributed by atoms with Crippen LogP contribution in [0.15, 0.2) is 0 Å². The molecule has 0 saturated carbocycles. The van der Waals surface area contributed by atoms with E-state index in [1.54, 1.807) is 0 Å². The molecule has 0 rings (SSSR count). The van der Waals surface area contributed by atoms with Gasteiger partial charge in [-0.3, -0.25) is 0 Å². The molecule has 0 radical (unpaired) electrons. The Morgan fingerprint density at radius 3 is 2.00 bits per heavy atom. The van der Waals surface area contributed by atoms with Gasteiger partial charge < -0.3 is 0 Å². The van der Waals surface area contributed by atoms with Gasteiger partial charge >= 0.3 is 77.0 Å². The fraction of sp³-hybridized carbons (Fsp3) is 1.00.